The lowest BCUT2D eigenvalue weighted by Gasteiger charge is -2.18. The molecule has 0 saturated carbocycles. The van der Waals surface area contributed by atoms with Gasteiger partial charge in [0.2, 0.25) is 0 Å². The average Bonchev–Trinajstić information content (AvgIpc) is 2.71. The van der Waals surface area contributed by atoms with Gasteiger partial charge in [-0.2, -0.15) is 0 Å². The van der Waals surface area contributed by atoms with Crippen LogP contribution in [0.25, 0.3) is 22.3 Å². The molecule has 0 fully saturated rings. The van der Waals surface area contributed by atoms with Crippen LogP contribution in [0.2, 0.25) is 0 Å². The maximum atomic E-state index is 13.4. The number of nitrogen functional groups attached to an aromatic ring is 1. The van der Waals surface area contributed by atoms with Crippen molar-refractivity contribution in [2.45, 2.75) is 0 Å². The van der Waals surface area contributed by atoms with Crippen molar-refractivity contribution in [3.8, 4) is 22.3 Å². The zero-order chi connectivity index (χ0) is 19.5. The van der Waals surface area contributed by atoms with Crippen molar-refractivity contribution in [2.24, 2.45) is 0 Å². The van der Waals surface area contributed by atoms with Gasteiger partial charge in [-0.3, -0.25) is 0 Å². The second-order valence-electron chi connectivity index (χ2n) is 6.45. The van der Waals surface area contributed by atoms with E-state index in [4.69, 9.17) is 5.73 Å². The molecular weight excluding hydrogens is 354 g/mol. The first-order valence-corrected chi connectivity index (χ1v) is 8.88. The first kappa shape index (κ1) is 17.7. The van der Waals surface area contributed by atoms with Crippen LogP contribution in [-0.2, 0) is 0 Å². The molecule has 0 radical (unpaired) electrons. The van der Waals surface area contributed by atoms with Crippen molar-refractivity contribution in [3.63, 3.8) is 0 Å². The molecule has 0 amide bonds. The second kappa shape index (κ2) is 7.53. The lowest BCUT2D eigenvalue weighted by atomic mass is 9.95. The van der Waals surface area contributed by atoms with Gasteiger partial charge in [0, 0.05) is 11.1 Å². The van der Waals surface area contributed by atoms with E-state index in [1.165, 1.54) is 24.3 Å². The molecule has 0 atom stereocenters. The Labute approximate surface area is 162 Å². The maximum Gasteiger partial charge on any atom is 0.123 e. The second-order valence-corrected chi connectivity index (χ2v) is 6.45. The SMILES string of the molecule is Nc1ccccc1Nc1c(-c2ccc(F)cc2)cccc1-c1ccc(F)cc1. The van der Waals surface area contributed by atoms with Crippen molar-refractivity contribution in [1.29, 1.82) is 0 Å². The topological polar surface area (TPSA) is 38.0 Å². The Morgan fingerprint density at radius 3 is 1.57 bits per heavy atom. The van der Waals surface area contributed by atoms with Gasteiger partial charge < -0.3 is 11.1 Å². The van der Waals surface area contributed by atoms with Gasteiger partial charge in [0.1, 0.15) is 11.6 Å². The van der Waals surface area contributed by atoms with Crippen molar-refractivity contribution < 1.29 is 8.78 Å². The molecule has 0 aliphatic heterocycles. The van der Waals surface area contributed by atoms with Gasteiger partial charge in [-0.15, -0.1) is 0 Å². The predicted molar refractivity (Wildman–Crippen MR) is 111 cm³/mol. The summed E-state index contributed by atoms with van der Waals surface area (Å²) in [7, 11) is 0. The molecule has 3 N–H and O–H groups in total. The lowest BCUT2D eigenvalue weighted by Crippen LogP contribution is -2.00. The quantitative estimate of drug-likeness (QED) is 0.395. The summed E-state index contributed by atoms with van der Waals surface area (Å²) >= 11 is 0. The third-order valence-electron chi connectivity index (χ3n) is 4.60. The molecule has 2 nitrogen and oxygen atoms in total. The Morgan fingerprint density at radius 1 is 0.571 bits per heavy atom. The minimum Gasteiger partial charge on any atom is -0.397 e. The summed E-state index contributed by atoms with van der Waals surface area (Å²) in [5.41, 5.74) is 11.8. The van der Waals surface area contributed by atoms with Crippen LogP contribution in [0.5, 0.6) is 0 Å². The van der Waals surface area contributed by atoms with Gasteiger partial charge in [-0.25, -0.2) is 8.78 Å². The zero-order valence-electron chi connectivity index (χ0n) is 15.0. The number of anilines is 3. The Kier molecular flexibility index (Phi) is 4.77. The standard InChI is InChI=1S/C24H18F2N2/c25-18-12-8-16(9-13-18)20-4-3-5-21(17-10-14-19(26)15-11-17)24(20)28-23-7-2-1-6-22(23)27/h1-15,28H,27H2. The third kappa shape index (κ3) is 3.58. The van der Waals surface area contributed by atoms with E-state index >= 15 is 0 Å². The minimum absolute atomic E-state index is 0.291. The summed E-state index contributed by atoms with van der Waals surface area (Å²) in [6.45, 7) is 0. The van der Waals surface area contributed by atoms with Crippen LogP contribution in [-0.4, -0.2) is 0 Å². The van der Waals surface area contributed by atoms with E-state index in [1.54, 1.807) is 24.3 Å². The molecule has 0 aliphatic carbocycles. The number of hydrogen-bond acceptors (Lipinski definition) is 2. The Morgan fingerprint density at radius 2 is 1.07 bits per heavy atom. The largest absolute Gasteiger partial charge is 0.397 e. The van der Waals surface area contributed by atoms with Crippen LogP contribution in [0, 0.1) is 11.6 Å². The fraction of sp³-hybridized carbons (Fsp3) is 0. The van der Waals surface area contributed by atoms with Gasteiger partial charge in [0.15, 0.2) is 0 Å². The maximum absolute atomic E-state index is 13.4. The van der Waals surface area contributed by atoms with E-state index in [-0.39, 0.29) is 11.6 Å². The molecule has 4 heteroatoms. The summed E-state index contributed by atoms with van der Waals surface area (Å²) in [4.78, 5) is 0. The molecule has 0 unspecified atom stereocenters. The molecule has 4 aromatic rings. The highest BCUT2D eigenvalue weighted by atomic mass is 19.1. The van der Waals surface area contributed by atoms with E-state index in [1.807, 2.05) is 42.5 Å². The van der Waals surface area contributed by atoms with Gasteiger partial charge in [0.05, 0.1) is 17.1 Å². The molecule has 0 bridgehead atoms. The van der Waals surface area contributed by atoms with Crippen molar-refractivity contribution in [1.82, 2.24) is 0 Å². The summed E-state index contributed by atoms with van der Waals surface area (Å²) < 4.78 is 26.8. The number of nitrogens with two attached hydrogens (primary N) is 1. The molecule has 0 saturated heterocycles. The van der Waals surface area contributed by atoms with E-state index in [0.717, 1.165) is 33.6 Å². The Bertz CT molecular complexity index is 1040. The summed E-state index contributed by atoms with van der Waals surface area (Å²) in [6.07, 6.45) is 0. The molecule has 4 rings (SSSR count). The average molecular weight is 372 g/mol. The number of hydrogen-bond donors (Lipinski definition) is 2. The highest BCUT2D eigenvalue weighted by Gasteiger charge is 2.13. The van der Waals surface area contributed by atoms with Crippen LogP contribution < -0.4 is 11.1 Å². The zero-order valence-corrected chi connectivity index (χ0v) is 15.0. The summed E-state index contributed by atoms with van der Waals surface area (Å²) in [6, 6.07) is 26.0. The minimum atomic E-state index is -0.291. The monoisotopic (exact) mass is 372 g/mol. The van der Waals surface area contributed by atoms with Gasteiger partial charge >= 0.3 is 0 Å². The van der Waals surface area contributed by atoms with Gasteiger partial charge in [-0.05, 0) is 47.5 Å². The predicted octanol–water partition coefficient (Wildman–Crippen LogP) is 6.62. The van der Waals surface area contributed by atoms with Gasteiger partial charge in [0.25, 0.3) is 0 Å². The molecule has 0 heterocycles. The van der Waals surface area contributed by atoms with Crippen molar-refractivity contribution in [3.05, 3.63) is 103 Å². The Hall–Kier alpha value is -3.66. The molecule has 138 valence electrons. The van der Waals surface area contributed by atoms with Crippen LogP contribution in [0.15, 0.2) is 91.0 Å². The molecule has 28 heavy (non-hydrogen) atoms. The number of benzene rings is 4. The fourth-order valence-corrected chi connectivity index (χ4v) is 3.17. The first-order valence-electron chi connectivity index (χ1n) is 8.88. The summed E-state index contributed by atoms with van der Waals surface area (Å²) in [5, 5.41) is 3.42. The van der Waals surface area contributed by atoms with E-state index in [2.05, 4.69) is 5.32 Å². The lowest BCUT2D eigenvalue weighted by molar-refractivity contribution is 0.627. The van der Waals surface area contributed by atoms with Crippen LogP contribution in [0.3, 0.4) is 0 Å². The van der Waals surface area contributed by atoms with Crippen LogP contribution in [0.4, 0.5) is 25.8 Å². The van der Waals surface area contributed by atoms with E-state index in [9.17, 15) is 8.78 Å². The van der Waals surface area contributed by atoms with E-state index < -0.39 is 0 Å². The third-order valence-corrected chi connectivity index (χ3v) is 4.60. The summed E-state index contributed by atoms with van der Waals surface area (Å²) in [5.74, 6) is -0.583. The normalized spacial score (nSPS) is 10.6. The highest BCUT2D eigenvalue weighted by Crippen LogP contribution is 2.39. The number of rotatable bonds is 4. The van der Waals surface area contributed by atoms with E-state index in [0.29, 0.717) is 5.69 Å². The van der Waals surface area contributed by atoms with Crippen molar-refractivity contribution >= 4 is 17.1 Å². The fourth-order valence-electron chi connectivity index (χ4n) is 3.17. The molecule has 4 aromatic carbocycles. The van der Waals surface area contributed by atoms with Crippen LogP contribution >= 0.6 is 0 Å². The smallest absolute Gasteiger partial charge is 0.123 e. The number of halogens is 2. The molecule has 0 aromatic heterocycles. The highest BCUT2D eigenvalue weighted by molar-refractivity contribution is 5.94. The van der Waals surface area contributed by atoms with Gasteiger partial charge in [-0.1, -0.05) is 54.6 Å². The number of para-hydroxylation sites is 3. The number of nitrogens with one attached hydrogen (secondary N) is 1. The molecule has 0 spiro atoms. The van der Waals surface area contributed by atoms with Crippen molar-refractivity contribution in [2.75, 3.05) is 11.1 Å². The molecule has 0 aliphatic rings. The first-order chi connectivity index (χ1) is 13.6. The Balaban J connectivity index is 1.91. The molecular formula is C24H18F2N2. The van der Waals surface area contributed by atoms with Crippen LogP contribution in [0.1, 0.15) is 0 Å².